The van der Waals surface area contributed by atoms with Gasteiger partial charge in [-0.2, -0.15) is 0 Å². The van der Waals surface area contributed by atoms with Crippen molar-refractivity contribution in [3.05, 3.63) is 34.3 Å². The zero-order valence-corrected chi connectivity index (χ0v) is 12.0. The van der Waals surface area contributed by atoms with E-state index < -0.39 is 0 Å². The molecule has 2 N–H and O–H groups in total. The standard InChI is InChI=1S/C14H21BrN2/c1-11-4-3-7-17(10-11)14(9-16)12-5-2-6-13(15)8-12/h2,5-6,8,11,14H,3-4,7,9-10,16H2,1H3. The second-order valence-corrected chi connectivity index (χ2v) is 5.96. The summed E-state index contributed by atoms with van der Waals surface area (Å²) in [6.07, 6.45) is 2.65. The Hall–Kier alpha value is -0.380. The topological polar surface area (TPSA) is 29.3 Å². The first-order chi connectivity index (χ1) is 8.20. The molecule has 0 radical (unpaired) electrons. The summed E-state index contributed by atoms with van der Waals surface area (Å²) in [5.41, 5.74) is 7.30. The number of halogens is 1. The van der Waals surface area contributed by atoms with E-state index in [4.69, 9.17) is 5.73 Å². The third-order valence-corrected chi connectivity index (χ3v) is 4.08. The Kier molecular flexibility index (Phi) is 4.60. The molecule has 2 rings (SSSR count). The van der Waals surface area contributed by atoms with Gasteiger partial charge < -0.3 is 5.73 Å². The summed E-state index contributed by atoms with van der Waals surface area (Å²) < 4.78 is 1.14. The lowest BCUT2D eigenvalue weighted by Gasteiger charge is -2.37. The lowest BCUT2D eigenvalue weighted by atomic mass is 9.96. The second-order valence-electron chi connectivity index (χ2n) is 5.05. The summed E-state index contributed by atoms with van der Waals surface area (Å²) in [7, 11) is 0. The van der Waals surface area contributed by atoms with E-state index in [2.05, 4.69) is 52.0 Å². The van der Waals surface area contributed by atoms with E-state index in [1.165, 1.54) is 31.5 Å². The van der Waals surface area contributed by atoms with Gasteiger partial charge in [0, 0.05) is 23.6 Å². The molecular formula is C14H21BrN2. The molecule has 17 heavy (non-hydrogen) atoms. The van der Waals surface area contributed by atoms with Crippen LogP contribution in [0, 0.1) is 5.92 Å². The highest BCUT2D eigenvalue weighted by atomic mass is 79.9. The zero-order chi connectivity index (χ0) is 12.3. The molecule has 0 amide bonds. The number of piperidine rings is 1. The minimum Gasteiger partial charge on any atom is -0.329 e. The average Bonchev–Trinajstić information content (AvgIpc) is 2.30. The van der Waals surface area contributed by atoms with E-state index in [1.807, 2.05) is 0 Å². The molecule has 1 aromatic carbocycles. The van der Waals surface area contributed by atoms with Crippen LogP contribution < -0.4 is 5.73 Å². The molecule has 94 valence electrons. The predicted molar refractivity (Wildman–Crippen MR) is 75.9 cm³/mol. The maximum absolute atomic E-state index is 5.97. The number of hydrogen-bond donors (Lipinski definition) is 1. The van der Waals surface area contributed by atoms with Gasteiger partial charge in [-0.3, -0.25) is 4.90 Å². The highest BCUT2D eigenvalue weighted by Gasteiger charge is 2.24. The molecule has 3 heteroatoms. The predicted octanol–water partition coefficient (Wildman–Crippen LogP) is 3.18. The highest BCUT2D eigenvalue weighted by molar-refractivity contribution is 9.10. The molecule has 2 nitrogen and oxygen atoms in total. The maximum Gasteiger partial charge on any atom is 0.0470 e. The van der Waals surface area contributed by atoms with Crippen molar-refractivity contribution < 1.29 is 0 Å². The minimum absolute atomic E-state index is 0.371. The average molecular weight is 297 g/mol. The first-order valence-corrected chi connectivity index (χ1v) is 7.19. The molecule has 1 aromatic rings. The second kappa shape index (κ2) is 5.98. The van der Waals surface area contributed by atoms with Gasteiger partial charge in [-0.1, -0.05) is 35.0 Å². The summed E-state index contributed by atoms with van der Waals surface area (Å²) in [6.45, 7) is 5.39. The van der Waals surface area contributed by atoms with Gasteiger partial charge >= 0.3 is 0 Å². The van der Waals surface area contributed by atoms with Crippen LogP contribution in [-0.4, -0.2) is 24.5 Å². The smallest absolute Gasteiger partial charge is 0.0470 e. The number of nitrogens with two attached hydrogens (primary N) is 1. The van der Waals surface area contributed by atoms with E-state index in [9.17, 15) is 0 Å². The molecular weight excluding hydrogens is 276 g/mol. The highest BCUT2D eigenvalue weighted by Crippen LogP contribution is 2.27. The molecule has 1 aliphatic heterocycles. The van der Waals surface area contributed by atoms with Gasteiger partial charge in [-0.15, -0.1) is 0 Å². The van der Waals surface area contributed by atoms with Crippen molar-refractivity contribution in [2.75, 3.05) is 19.6 Å². The molecule has 1 saturated heterocycles. The molecule has 1 aliphatic rings. The van der Waals surface area contributed by atoms with E-state index in [1.54, 1.807) is 0 Å². The molecule has 1 fully saturated rings. The van der Waals surface area contributed by atoms with Crippen molar-refractivity contribution in [1.82, 2.24) is 4.90 Å². The third-order valence-electron chi connectivity index (χ3n) is 3.59. The lowest BCUT2D eigenvalue weighted by Crippen LogP contribution is -2.40. The Bertz CT molecular complexity index is 367. The van der Waals surface area contributed by atoms with Crippen molar-refractivity contribution >= 4 is 15.9 Å². The van der Waals surface area contributed by atoms with E-state index in [-0.39, 0.29) is 0 Å². The Morgan fingerprint density at radius 3 is 3.00 bits per heavy atom. The summed E-state index contributed by atoms with van der Waals surface area (Å²) in [6, 6.07) is 8.90. The van der Waals surface area contributed by atoms with Crippen LogP contribution in [0.3, 0.4) is 0 Å². The van der Waals surface area contributed by atoms with Crippen LogP contribution in [0.4, 0.5) is 0 Å². The number of likely N-dealkylation sites (tertiary alicyclic amines) is 1. The summed E-state index contributed by atoms with van der Waals surface area (Å²) in [5, 5.41) is 0. The van der Waals surface area contributed by atoms with Crippen molar-refractivity contribution in [2.24, 2.45) is 11.7 Å². The quantitative estimate of drug-likeness (QED) is 0.928. The first kappa shape index (κ1) is 13.1. The van der Waals surface area contributed by atoms with Crippen LogP contribution in [0.1, 0.15) is 31.4 Å². The van der Waals surface area contributed by atoms with Gasteiger partial charge in [-0.25, -0.2) is 0 Å². The normalized spacial score (nSPS) is 23.6. The fourth-order valence-electron chi connectivity index (χ4n) is 2.72. The SMILES string of the molecule is CC1CCCN(C(CN)c2cccc(Br)c2)C1. The van der Waals surface area contributed by atoms with Crippen molar-refractivity contribution in [3.8, 4) is 0 Å². The monoisotopic (exact) mass is 296 g/mol. The Morgan fingerprint density at radius 2 is 2.35 bits per heavy atom. The Morgan fingerprint density at radius 1 is 1.53 bits per heavy atom. The summed E-state index contributed by atoms with van der Waals surface area (Å²) in [4.78, 5) is 2.54. The molecule has 0 saturated carbocycles. The fraction of sp³-hybridized carbons (Fsp3) is 0.571. The Labute approximate surface area is 112 Å². The molecule has 1 heterocycles. The van der Waals surface area contributed by atoms with Crippen molar-refractivity contribution in [3.63, 3.8) is 0 Å². The van der Waals surface area contributed by atoms with Crippen LogP contribution >= 0.6 is 15.9 Å². The molecule has 0 spiro atoms. The molecule has 0 aliphatic carbocycles. The molecule has 2 atom stereocenters. The molecule has 0 bridgehead atoms. The first-order valence-electron chi connectivity index (χ1n) is 6.40. The number of nitrogens with zero attached hydrogens (tertiary/aromatic N) is 1. The number of benzene rings is 1. The maximum atomic E-state index is 5.97. The Balaban J connectivity index is 2.15. The van der Waals surface area contributed by atoms with E-state index in [0.717, 1.165) is 10.4 Å². The molecule has 0 aromatic heterocycles. The van der Waals surface area contributed by atoms with Crippen LogP contribution in [0.5, 0.6) is 0 Å². The van der Waals surface area contributed by atoms with Gasteiger partial charge in [-0.05, 0) is 43.0 Å². The van der Waals surface area contributed by atoms with E-state index in [0.29, 0.717) is 12.6 Å². The minimum atomic E-state index is 0.371. The van der Waals surface area contributed by atoms with Crippen LogP contribution in [0.2, 0.25) is 0 Å². The van der Waals surface area contributed by atoms with Crippen molar-refractivity contribution in [2.45, 2.75) is 25.8 Å². The van der Waals surface area contributed by atoms with Crippen LogP contribution in [0.25, 0.3) is 0 Å². The van der Waals surface area contributed by atoms with Gasteiger partial charge in [0.1, 0.15) is 0 Å². The van der Waals surface area contributed by atoms with Gasteiger partial charge in [0.15, 0.2) is 0 Å². The summed E-state index contributed by atoms with van der Waals surface area (Å²) in [5.74, 6) is 0.796. The van der Waals surface area contributed by atoms with Gasteiger partial charge in [0.2, 0.25) is 0 Å². The summed E-state index contributed by atoms with van der Waals surface area (Å²) >= 11 is 3.54. The van der Waals surface area contributed by atoms with E-state index >= 15 is 0 Å². The fourth-order valence-corrected chi connectivity index (χ4v) is 3.14. The van der Waals surface area contributed by atoms with Crippen molar-refractivity contribution in [1.29, 1.82) is 0 Å². The third kappa shape index (κ3) is 3.30. The largest absolute Gasteiger partial charge is 0.329 e. The zero-order valence-electron chi connectivity index (χ0n) is 10.4. The number of hydrogen-bond acceptors (Lipinski definition) is 2. The van der Waals surface area contributed by atoms with Crippen LogP contribution in [-0.2, 0) is 0 Å². The van der Waals surface area contributed by atoms with Gasteiger partial charge in [0.05, 0.1) is 0 Å². The molecule has 2 unspecified atom stereocenters. The lowest BCUT2D eigenvalue weighted by molar-refractivity contribution is 0.133. The van der Waals surface area contributed by atoms with Gasteiger partial charge in [0.25, 0.3) is 0 Å². The number of rotatable bonds is 3. The van der Waals surface area contributed by atoms with Crippen LogP contribution in [0.15, 0.2) is 28.7 Å².